The van der Waals surface area contributed by atoms with E-state index >= 15 is 0 Å². The number of nitro benzene ring substituents is 2. The van der Waals surface area contributed by atoms with Gasteiger partial charge in [-0.3, -0.25) is 20.2 Å². The predicted molar refractivity (Wildman–Crippen MR) is 89.6 cm³/mol. The Kier molecular flexibility index (Phi) is 6.03. The van der Waals surface area contributed by atoms with Crippen molar-refractivity contribution in [3.05, 3.63) is 36.9 Å². The first-order chi connectivity index (χ1) is 10.7. The molecular weight excluding hydrogens is 300 g/mol. The van der Waals surface area contributed by atoms with Crippen molar-refractivity contribution in [2.24, 2.45) is 0 Å². The van der Waals surface area contributed by atoms with Gasteiger partial charge in [0.05, 0.1) is 9.85 Å². The number of anilines is 1. The van der Waals surface area contributed by atoms with Crippen molar-refractivity contribution in [1.82, 2.24) is 4.90 Å². The Bertz CT molecular complexity index is 625. The highest BCUT2D eigenvalue weighted by Crippen LogP contribution is 2.45. The van der Waals surface area contributed by atoms with E-state index < -0.39 is 9.85 Å². The average molecular weight is 324 g/mol. The van der Waals surface area contributed by atoms with Gasteiger partial charge in [-0.05, 0) is 45.3 Å². The number of hydrogen-bond acceptors (Lipinski definition) is 6. The Hall–Kier alpha value is -2.22. The number of hydrogen-bond donors (Lipinski definition) is 1. The Morgan fingerprint density at radius 2 is 1.57 bits per heavy atom. The second-order valence-electron chi connectivity index (χ2n) is 5.89. The molecule has 0 aliphatic carbocycles. The molecule has 0 fully saturated rings. The first-order valence-electron chi connectivity index (χ1n) is 7.55. The molecule has 0 radical (unpaired) electrons. The predicted octanol–water partition coefficient (Wildman–Crippen LogP) is 3.36. The van der Waals surface area contributed by atoms with E-state index in [1.807, 2.05) is 13.8 Å². The number of benzene rings is 1. The minimum absolute atomic E-state index is 0.0561. The molecule has 0 bridgehead atoms. The molecule has 1 aromatic rings. The number of nitro groups is 2. The van der Waals surface area contributed by atoms with E-state index in [1.165, 1.54) is 0 Å². The van der Waals surface area contributed by atoms with Crippen LogP contribution in [0.5, 0.6) is 0 Å². The molecule has 8 nitrogen and oxygen atoms in total. The lowest BCUT2D eigenvalue weighted by Gasteiger charge is -2.21. The highest BCUT2D eigenvalue weighted by Gasteiger charge is 2.35. The third kappa shape index (κ3) is 3.58. The Morgan fingerprint density at radius 3 is 1.91 bits per heavy atom. The second-order valence-corrected chi connectivity index (χ2v) is 5.89. The summed E-state index contributed by atoms with van der Waals surface area (Å²) < 4.78 is 0. The molecule has 0 aromatic heterocycles. The summed E-state index contributed by atoms with van der Waals surface area (Å²) >= 11 is 0. The summed E-state index contributed by atoms with van der Waals surface area (Å²) in [6.07, 6.45) is 1.41. The molecule has 1 rings (SSSR count). The standard InChI is InChI=1S/C15H24N4O4/c1-6-10(7-2)12-9(3)11(8-17(4)5)14(18(20)21)13(16)15(12)19(22)23/h10H,6-8,16H2,1-5H3. The number of nitrogens with zero attached hydrogens (tertiary/aromatic N) is 3. The summed E-state index contributed by atoms with van der Waals surface area (Å²) in [6.45, 7) is 5.91. The third-order valence-electron chi connectivity index (χ3n) is 4.14. The largest absolute Gasteiger partial charge is 0.387 e. The highest BCUT2D eigenvalue weighted by atomic mass is 16.6. The van der Waals surface area contributed by atoms with E-state index in [0.717, 1.165) is 0 Å². The summed E-state index contributed by atoms with van der Waals surface area (Å²) in [7, 11) is 3.58. The van der Waals surface area contributed by atoms with E-state index in [1.54, 1.807) is 25.9 Å². The van der Waals surface area contributed by atoms with Crippen molar-refractivity contribution in [1.29, 1.82) is 0 Å². The fourth-order valence-electron chi connectivity index (χ4n) is 3.05. The van der Waals surface area contributed by atoms with Crippen LogP contribution in [0, 0.1) is 27.2 Å². The summed E-state index contributed by atoms with van der Waals surface area (Å²) in [5.74, 6) is -0.0561. The van der Waals surface area contributed by atoms with Crippen LogP contribution >= 0.6 is 0 Å². The Labute approximate surface area is 135 Å². The molecule has 0 saturated heterocycles. The van der Waals surface area contributed by atoms with Crippen molar-refractivity contribution in [3.63, 3.8) is 0 Å². The third-order valence-corrected chi connectivity index (χ3v) is 4.14. The zero-order valence-corrected chi connectivity index (χ0v) is 14.3. The summed E-state index contributed by atoms with van der Waals surface area (Å²) in [5, 5.41) is 23.0. The van der Waals surface area contributed by atoms with Crippen molar-refractivity contribution < 1.29 is 9.85 Å². The first kappa shape index (κ1) is 18.8. The van der Waals surface area contributed by atoms with Crippen LogP contribution in [0.25, 0.3) is 0 Å². The van der Waals surface area contributed by atoms with Gasteiger partial charge in [-0.15, -0.1) is 0 Å². The molecular formula is C15H24N4O4. The molecule has 2 N–H and O–H groups in total. The SMILES string of the molecule is CCC(CC)c1c(C)c(CN(C)C)c([N+](=O)[O-])c(N)c1[N+](=O)[O-]. The first-order valence-corrected chi connectivity index (χ1v) is 7.55. The van der Waals surface area contributed by atoms with Gasteiger partial charge in [0.1, 0.15) is 0 Å². The topological polar surface area (TPSA) is 116 Å². The van der Waals surface area contributed by atoms with Crippen LogP contribution in [0.3, 0.4) is 0 Å². The molecule has 128 valence electrons. The van der Waals surface area contributed by atoms with Crippen LogP contribution in [0.15, 0.2) is 0 Å². The van der Waals surface area contributed by atoms with Gasteiger partial charge in [0.15, 0.2) is 5.69 Å². The minimum atomic E-state index is -0.620. The molecule has 0 unspecified atom stereocenters. The molecule has 0 aliphatic heterocycles. The van der Waals surface area contributed by atoms with Gasteiger partial charge >= 0.3 is 11.4 Å². The van der Waals surface area contributed by atoms with Gasteiger partial charge in [0.2, 0.25) is 0 Å². The van der Waals surface area contributed by atoms with Crippen molar-refractivity contribution in [3.8, 4) is 0 Å². The fraction of sp³-hybridized carbons (Fsp3) is 0.600. The lowest BCUT2D eigenvalue weighted by Crippen LogP contribution is -2.18. The van der Waals surface area contributed by atoms with E-state index in [4.69, 9.17) is 5.73 Å². The van der Waals surface area contributed by atoms with E-state index in [2.05, 4.69) is 0 Å². The molecule has 0 amide bonds. The molecule has 1 aromatic carbocycles. The maximum absolute atomic E-state index is 11.5. The maximum atomic E-state index is 11.5. The fourth-order valence-corrected chi connectivity index (χ4v) is 3.05. The zero-order chi connectivity index (χ0) is 17.9. The van der Waals surface area contributed by atoms with Crippen LogP contribution in [0.2, 0.25) is 0 Å². The van der Waals surface area contributed by atoms with Gasteiger partial charge in [0.25, 0.3) is 0 Å². The normalized spacial score (nSPS) is 11.3. The zero-order valence-electron chi connectivity index (χ0n) is 14.3. The van der Waals surface area contributed by atoms with Crippen molar-refractivity contribution in [2.75, 3.05) is 19.8 Å². The smallest absolute Gasteiger partial charge is 0.303 e. The molecule has 0 aliphatic rings. The van der Waals surface area contributed by atoms with E-state index in [9.17, 15) is 20.2 Å². The van der Waals surface area contributed by atoms with Crippen LogP contribution in [0.1, 0.15) is 49.3 Å². The highest BCUT2D eigenvalue weighted by molar-refractivity contribution is 5.79. The molecule has 0 atom stereocenters. The molecule has 0 spiro atoms. The maximum Gasteiger partial charge on any atom is 0.303 e. The number of rotatable bonds is 7. The van der Waals surface area contributed by atoms with Crippen LogP contribution in [0.4, 0.5) is 17.1 Å². The molecule has 0 saturated carbocycles. The summed E-state index contributed by atoms with van der Waals surface area (Å²) in [6, 6.07) is 0. The molecule has 0 heterocycles. The van der Waals surface area contributed by atoms with Crippen LogP contribution < -0.4 is 5.73 Å². The van der Waals surface area contributed by atoms with Crippen LogP contribution in [-0.2, 0) is 6.54 Å². The minimum Gasteiger partial charge on any atom is -0.387 e. The van der Waals surface area contributed by atoms with E-state index in [0.29, 0.717) is 36.1 Å². The van der Waals surface area contributed by atoms with Crippen LogP contribution in [-0.4, -0.2) is 28.8 Å². The van der Waals surface area contributed by atoms with Gasteiger partial charge in [-0.1, -0.05) is 13.8 Å². The van der Waals surface area contributed by atoms with Gasteiger partial charge in [-0.2, -0.15) is 0 Å². The van der Waals surface area contributed by atoms with Crippen molar-refractivity contribution in [2.45, 2.75) is 46.1 Å². The van der Waals surface area contributed by atoms with Gasteiger partial charge < -0.3 is 10.6 Å². The molecule has 23 heavy (non-hydrogen) atoms. The van der Waals surface area contributed by atoms with Crippen molar-refractivity contribution >= 4 is 17.1 Å². The van der Waals surface area contributed by atoms with Gasteiger partial charge in [-0.25, -0.2) is 0 Å². The summed E-state index contributed by atoms with van der Waals surface area (Å²) in [5.41, 5.74) is 6.44. The average Bonchev–Trinajstić information content (AvgIpc) is 2.43. The lowest BCUT2D eigenvalue weighted by atomic mass is 9.85. The second kappa shape index (κ2) is 7.36. The Morgan fingerprint density at radius 1 is 1.09 bits per heavy atom. The summed E-state index contributed by atoms with van der Waals surface area (Å²) in [4.78, 5) is 23.6. The molecule has 8 heteroatoms. The Balaban J connectivity index is 3.92. The lowest BCUT2D eigenvalue weighted by molar-refractivity contribution is -0.393. The van der Waals surface area contributed by atoms with Gasteiger partial charge in [0, 0.05) is 17.7 Å². The van der Waals surface area contributed by atoms with E-state index in [-0.39, 0.29) is 23.0 Å². The monoisotopic (exact) mass is 324 g/mol. The quantitative estimate of drug-likeness (QED) is 0.467. The number of nitrogen functional groups attached to an aromatic ring is 1. The number of nitrogens with two attached hydrogens (primary N) is 1.